The fourth-order valence-electron chi connectivity index (χ4n) is 5.34. The number of hydrogen-bond acceptors (Lipinski definition) is 10. The van der Waals surface area contributed by atoms with Crippen molar-refractivity contribution in [2.45, 2.75) is 26.7 Å². The number of aromatic amines is 1. The summed E-state index contributed by atoms with van der Waals surface area (Å²) in [6, 6.07) is 14.9. The van der Waals surface area contributed by atoms with Gasteiger partial charge in [0.15, 0.2) is 0 Å². The van der Waals surface area contributed by atoms with E-state index >= 15 is 0 Å². The van der Waals surface area contributed by atoms with Gasteiger partial charge in [0.25, 0.3) is 11.4 Å². The molecule has 0 atom stereocenters. The summed E-state index contributed by atoms with van der Waals surface area (Å²) in [4.78, 5) is 30.9. The molecule has 2 N–H and O–H groups in total. The van der Waals surface area contributed by atoms with Crippen LogP contribution in [0.1, 0.15) is 29.5 Å². The van der Waals surface area contributed by atoms with E-state index in [1.165, 1.54) is 0 Å². The van der Waals surface area contributed by atoms with E-state index in [1.807, 2.05) is 24.3 Å². The first-order valence-electron chi connectivity index (χ1n) is 14.3. The molecule has 0 saturated carbocycles. The first kappa shape index (κ1) is 31.4. The van der Waals surface area contributed by atoms with Crippen LogP contribution >= 0.6 is 12.2 Å². The lowest BCUT2D eigenvalue weighted by atomic mass is 10.1. The van der Waals surface area contributed by atoms with E-state index in [1.54, 1.807) is 38.2 Å². The average molecular weight is 605 g/mol. The lowest BCUT2D eigenvalue weighted by Gasteiger charge is -2.25. The average Bonchev–Trinajstić information content (AvgIpc) is 3.42. The van der Waals surface area contributed by atoms with Gasteiger partial charge in [-0.2, -0.15) is 5.26 Å². The van der Waals surface area contributed by atoms with Gasteiger partial charge >= 0.3 is 0 Å². The van der Waals surface area contributed by atoms with Crippen molar-refractivity contribution in [1.82, 2.24) is 10.3 Å². The molecule has 13 heteroatoms. The first-order chi connectivity index (χ1) is 20.7. The van der Waals surface area contributed by atoms with Crippen LogP contribution in [0, 0.1) is 50.0 Å². The van der Waals surface area contributed by atoms with Crippen molar-refractivity contribution < 1.29 is 9.85 Å². The number of aromatic nitrogens is 1. The molecule has 0 bridgehead atoms. The summed E-state index contributed by atoms with van der Waals surface area (Å²) < 4.78 is 0.445. The Morgan fingerprint density at radius 1 is 0.791 bits per heavy atom. The standard InChI is InChI=1S/C18H19N5O2S.C12H17N3O2/c1-13-3-4-14(11-17(13)23(24)25)21-7-2-8-22(10-9-21)16-5-6-20-18(26)15(16)12-19;1-10-3-4-11(9-12(10)15(16)17)14-7-2-5-13-6-8-14/h3-6,11H,2,7-10H2,1H3,(H,20,26);3-4,9,13H,2,5-8H2,1H3. The highest BCUT2D eigenvalue weighted by Crippen LogP contribution is 2.28. The second-order valence-electron chi connectivity index (χ2n) is 10.6. The number of anilines is 3. The molecule has 0 amide bonds. The lowest BCUT2D eigenvalue weighted by molar-refractivity contribution is -0.385. The minimum atomic E-state index is -0.340. The van der Waals surface area contributed by atoms with Gasteiger partial charge in [-0.05, 0) is 51.4 Å². The van der Waals surface area contributed by atoms with Crippen LogP contribution < -0.4 is 20.0 Å². The van der Waals surface area contributed by atoms with Gasteiger partial charge in [-0.1, -0.05) is 24.4 Å². The second kappa shape index (κ2) is 14.6. The molecule has 0 aliphatic carbocycles. The van der Waals surface area contributed by atoms with E-state index in [0.717, 1.165) is 82.3 Å². The third-order valence-electron chi connectivity index (χ3n) is 7.74. The van der Waals surface area contributed by atoms with Gasteiger partial charge in [0.1, 0.15) is 16.3 Å². The van der Waals surface area contributed by atoms with E-state index in [-0.39, 0.29) is 21.2 Å². The number of nitrogens with one attached hydrogen (secondary N) is 2. The third-order valence-corrected chi connectivity index (χ3v) is 8.06. The zero-order valence-electron chi connectivity index (χ0n) is 24.4. The Kier molecular flexibility index (Phi) is 10.6. The molecule has 5 rings (SSSR count). The van der Waals surface area contributed by atoms with E-state index in [9.17, 15) is 25.5 Å². The summed E-state index contributed by atoms with van der Waals surface area (Å²) in [6.07, 6.45) is 3.71. The predicted molar refractivity (Wildman–Crippen MR) is 171 cm³/mol. The fourth-order valence-corrected chi connectivity index (χ4v) is 5.56. The van der Waals surface area contributed by atoms with E-state index in [0.29, 0.717) is 21.3 Å². The van der Waals surface area contributed by atoms with Crippen molar-refractivity contribution in [1.29, 1.82) is 5.26 Å². The van der Waals surface area contributed by atoms with Crippen LogP contribution in [0.5, 0.6) is 0 Å². The zero-order chi connectivity index (χ0) is 30.9. The number of nitro benzene ring substituents is 2. The normalized spacial score (nSPS) is 15.4. The summed E-state index contributed by atoms with van der Waals surface area (Å²) in [5.41, 5.74) is 4.86. The van der Waals surface area contributed by atoms with Gasteiger partial charge in [0.05, 0.1) is 15.5 Å². The number of rotatable bonds is 5. The molecule has 12 nitrogen and oxygen atoms in total. The molecule has 1 aromatic heterocycles. The van der Waals surface area contributed by atoms with Gasteiger partial charge < -0.3 is 25.0 Å². The van der Waals surface area contributed by atoms with Crippen LogP contribution in [-0.4, -0.2) is 67.2 Å². The van der Waals surface area contributed by atoms with Crippen molar-refractivity contribution in [3.05, 3.63) is 90.2 Å². The molecule has 2 aromatic carbocycles. The van der Waals surface area contributed by atoms with Crippen molar-refractivity contribution in [3.63, 3.8) is 0 Å². The highest BCUT2D eigenvalue weighted by Gasteiger charge is 2.21. The van der Waals surface area contributed by atoms with Crippen molar-refractivity contribution in [3.8, 4) is 6.07 Å². The number of H-pyrrole nitrogens is 1. The molecular weight excluding hydrogens is 568 g/mol. The monoisotopic (exact) mass is 604 g/mol. The third kappa shape index (κ3) is 7.85. The number of benzene rings is 2. The van der Waals surface area contributed by atoms with E-state index in [2.05, 4.69) is 31.1 Å². The minimum absolute atomic E-state index is 0.143. The van der Waals surface area contributed by atoms with Crippen LogP contribution in [0.25, 0.3) is 0 Å². The molecule has 2 aliphatic rings. The predicted octanol–water partition coefficient (Wildman–Crippen LogP) is 5.25. The van der Waals surface area contributed by atoms with Crippen LogP contribution in [0.2, 0.25) is 0 Å². The van der Waals surface area contributed by atoms with Gasteiger partial charge in [-0.15, -0.1) is 0 Å². The number of nitrogens with zero attached hydrogens (tertiary/aromatic N) is 6. The number of aryl methyl sites for hydroxylation is 2. The molecule has 0 spiro atoms. The second-order valence-corrected chi connectivity index (χ2v) is 11.0. The number of nitriles is 1. The van der Waals surface area contributed by atoms with Crippen LogP contribution in [-0.2, 0) is 0 Å². The van der Waals surface area contributed by atoms with Gasteiger partial charge in [0, 0.05) is 86.6 Å². The molecule has 226 valence electrons. The summed E-state index contributed by atoms with van der Waals surface area (Å²) in [6.45, 7) is 10.4. The zero-order valence-corrected chi connectivity index (χ0v) is 25.2. The quantitative estimate of drug-likeness (QED) is 0.225. The molecule has 3 aromatic rings. The maximum Gasteiger partial charge on any atom is 0.274 e. The SMILES string of the molecule is Cc1ccc(N2CCCN(c3cc[nH]c(=S)c3C#N)CC2)cc1[N+](=O)[O-].Cc1ccc(N2CCCNCC2)cc1[N+](=O)[O-]. The highest BCUT2D eigenvalue weighted by molar-refractivity contribution is 7.71. The smallest absolute Gasteiger partial charge is 0.274 e. The minimum Gasteiger partial charge on any atom is -0.370 e. The van der Waals surface area contributed by atoms with E-state index < -0.39 is 0 Å². The topological polar surface area (TPSA) is 148 Å². The maximum absolute atomic E-state index is 11.2. The van der Waals surface area contributed by atoms with Crippen LogP contribution in [0.15, 0.2) is 48.7 Å². The molecule has 2 fully saturated rings. The Morgan fingerprint density at radius 2 is 1.35 bits per heavy atom. The molecule has 0 unspecified atom stereocenters. The Bertz CT molecular complexity index is 1560. The Hall–Kier alpha value is -4.54. The number of nitro groups is 2. The van der Waals surface area contributed by atoms with Gasteiger partial charge in [-0.3, -0.25) is 20.2 Å². The van der Waals surface area contributed by atoms with Crippen molar-refractivity contribution >= 4 is 40.7 Å². The molecule has 2 aliphatic heterocycles. The van der Waals surface area contributed by atoms with Gasteiger partial charge in [0.2, 0.25) is 0 Å². The summed E-state index contributed by atoms with van der Waals surface area (Å²) >= 11 is 5.21. The number of pyridine rings is 1. The Labute approximate surface area is 255 Å². The van der Waals surface area contributed by atoms with Crippen molar-refractivity contribution in [2.75, 3.05) is 67.1 Å². The highest BCUT2D eigenvalue weighted by atomic mass is 32.1. The fraction of sp³-hybridized carbons (Fsp3) is 0.400. The van der Waals surface area contributed by atoms with E-state index in [4.69, 9.17) is 12.2 Å². The van der Waals surface area contributed by atoms with Crippen molar-refractivity contribution in [2.24, 2.45) is 0 Å². The first-order valence-corrected chi connectivity index (χ1v) is 14.7. The van der Waals surface area contributed by atoms with Crippen LogP contribution in [0.3, 0.4) is 0 Å². The van der Waals surface area contributed by atoms with Gasteiger partial charge in [-0.25, -0.2) is 0 Å². The Morgan fingerprint density at radius 3 is 1.95 bits per heavy atom. The Balaban J connectivity index is 0.000000215. The van der Waals surface area contributed by atoms with Crippen LogP contribution in [0.4, 0.5) is 28.4 Å². The molecular formula is C30H36N8O4S. The summed E-state index contributed by atoms with van der Waals surface area (Å²) in [5, 5.41) is 34.8. The lowest BCUT2D eigenvalue weighted by Crippen LogP contribution is -2.31. The molecule has 2 saturated heterocycles. The molecule has 43 heavy (non-hydrogen) atoms. The molecule has 0 radical (unpaired) electrons. The molecule has 3 heterocycles. The largest absolute Gasteiger partial charge is 0.370 e. The summed E-state index contributed by atoms with van der Waals surface area (Å²) in [7, 11) is 0. The number of hydrogen-bond donors (Lipinski definition) is 2. The maximum atomic E-state index is 11.2. The summed E-state index contributed by atoms with van der Waals surface area (Å²) in [5.74, 6) is 0.